The highest BCUT2D eigenvalue weighted by Crippen LogP contribution is 2.30. The molecule has 1 heterocycles. The molecule has 0 saturated carbocycles. The van der Waals surface area contributed by atoms with E-state index in [0.717, 1.165) is 25.6 Å². The SMILES string of the molecule is CN(Cc1cc(F)cc(C(F)(F)F)c1)CC1CCCCN1. The topological polar surface area (TPSA) is 15.3 Å². The molecule has 1 unspecified atom stereocenters. The molecule has 0 radical (unpaired) electrons. The van der Waals surface area contributed by atoms with Crippen molar-refractivity contribution in [2.24, 2.45) is 0 Å². The van der Waals surface area contributed by atoms with E-state index in [1.165, 1.54) is 18.9 Å². The number of hydrogen-bond acceptors (Lipinski definition) is 2. The van der Waals surface area contributed by atoms with Crippen LogP contribution in [0.3, 0.4) is 0 Å². The molecular formula is C15H20F4N2. The summed E-state index contributed by atoms with van der Waals surface area (Å²) in [7, 11) is 1.84. The Morgan fingerprint density at radius 2 is 2.00 bits per heavy atom. The van der Waals surface area contributed by atoms with Crippen molar-refractivity contribution in [3.8, 4) is 0 Å². The highest BCUT2D eigenvalue weighted by atomic mass is 19.4. The summed E-state index contributed by atoms with van der Waals surface area (Å²) in [5, 5.41) is 3.39. The molecule has 1 aromatic carbocycles. The minimum absolute atomic E-state index is 0.305. The predicted octanol–water partition coefficient (Wildman–Crippen LogP) is 3.42. The number of halogens is 4. The highest BCUT2D eigenvalue weighted by molar-refractivity contribution is 5.26. The number of benzene rings is 1. The van der Waals surface area contributed by atoms with Gasteiger partial charge in [0.1, 0.15) is 5.82 Å². The zero-order valence-corrected chi connectivity index (χ0v) is 12.0. The molecule has 1 aliphatic rings. The monoisotopic (exact) mass is 304 g/mol. The molecule has 1 aliphatic heterocycles. The first kappa shape index (κ1) is 16.2. The standard InChI is InChI=1S/C15H20F4N2/c1-21(10-14-4-2-3-5-20-14)9-11-6-12(15(17,18)19)8-13(16)7-11/h6-8,14,20H,2-5,9-10H2,1H3. The van der Waals surface area contributed by atoms with Crippen LogP contribution in [0.15, 0.2) is 18.2 Å². The van der Waals surface area contributed by atoms with Crippen molar-refractivity contribution in [2.75, 3.05) is 20.1 Å². The van der Waals surface area contributed by atoms with Crippen molar-refractivity contribution in [1.29, 1.82) is 0 Å². The molecule has 0 spiro atoms. The number of piperidine rings is 1. The van der Waals surface area contributed by atoms with E-state index < -0.39 is 17.6 Å². The van der Waals surface area contributed by atoms with Gasteiger partial charge in [0.15, 0.2) is 0 Å². The van der Waals surface area contributed by atoms with Gasteiger partial charge < -0.3 is 10.2 Å². The van der Waals surface area contributed by atoms with Gasteiger partial charge >= 0.3 is 6.18 Å². The molecule has 21 heavy (non-hydrogen) atoms. The molecule has 1 aromatic rings. The van der Waals surface area contributed by atoms with Crippen molar-refractivity contribution < 1.29 is 17.6 Å². The first-order valence-electron chi connectivity index (χ1n) is 7.13. The van der Waals surface area contributed by atoms with E-state index >= 15 is 0 Å². The quantitative estimate of drug-likeness (QED) is 0.858. The Hall–Kier alpha value is -1.14. The summed E-state index contributed by atoms with van der Waals surface area (Å²) in [5.74, 6) is -0.844. The van der Waals surface area contributed by atoms with Crippen LogP contribution in [0.1, 0.15) is 30.4 Å². The van der Waals surface area contributed by atoms with Crippen LogP contribution in [-0.4, -0.2) is 31.1 Å². The van der Waals surface area contributed by atoms with Gasteiger partial charge in [-0.1, -0.05) is 6.42 Å². The molecule has 2 nitrogen and oxygen atoms in total. The minimum Gasteiger partial charge on any atom is -0.313 e. The van der Waals surface area contributed by atoms with Gasteiger partial charge in [-0.05, 0) is 50.2 Å². The second-order valence-corrected chi connectivity index (χ2v) is 5.69. The van der Waals surface area contributed by atoms with Gasteiger partial charge in [-0.3, -0.25) is 0 Å². The Bertz CT molecular complexity index is 467. The molecule has 0 amide bonds. The van der Waals surface area contributed by atoms with Crippen molar-refractivity contribution in [3.05, 3.63) is 35.1 Å². The van der Waals surface area contributed by atoms with Gasteiger partial charge in [-0.15, -0.1) is 0 Å². The second kappa shape index (κ2) is 6.75. The lowest BCUT2D eigenvalue weighted by Gasteiger charge is -2.28. The maximum atomic E-state index is 13.3. The van der Waals surface area contributed by atoms with E-state index in [1.807, 2.05) is 11.9 Å². The van der Waals surface area contributed by atoms with E-state index in [1.54, 1.807) is 0 Å². The summed E-state index contributed by atoms with van der Waals surface area (Å²) in [6.07, 6.45) is -1.11. The average molecular weight is 304 g/mol. The van der Waals surface area contributed by atoms with Crippen LogP contribution in [-0.2, 0) is 12.7 Å². The van der Waals surface area contributed by atoms with Crippen LogP contribution in [0, 0.1) is 5.82 Å². The zero-order chi connectivity index (χ0) is 15.5. The number of hydrogen-bond donors (Lipinski definition) is 1. The average Bonchev–Trinajstić information content (AvgIpc) is 2.37. The van der Waals surface area contributed by atoms with Crippen LogP contribution in [0.2, 0.25) is 0 Å². The predicted molar refractivity (Wildman–Crippen MR) is 73.4 cm³/mol. The number of nitrogens with one attached hydrogen (secondary N) is 1. The van der Waals surface area contributed by atoms with Crippen LogP contribution >= 0.6 is 0 Å². The van der Waals surface area contributed by atoms with Crippen molar-refractivity contribution in [1.82, 2.24) is 10.2 Å². The van der Waals surface area contributed by atoms with Gasteiger partial charge in [-0.25, -0.2) is 4.39 Å². The summed E-state index contributed by atoms with van der Waals surface area (Å²) >= 11 is 0. The molecule has 118 valence electrons. The lowest BCUT2D eigenvalue weighted by molar-refractivity contribution is -0.137. The molecule has 1 fully saturated rings. The number of alkyl halides is 3. The third-order valence-corrected chi connectivity index (χ3v) is 3.68. The van der Waals surface area contributed by atoms with Crippen LogP contribution in [0.4, 0.5) is 17.6 Å². The smallest absolute Gasteiger partial charge is 0.313 e. The lowest BCUT2D eigenvalue weighted by atomic mass is 10.0. The maximum Gasteiger partial charge on any atom is 0.416 e. The van der Waals surface area contributed by atoms with E-state index in [0.29, 0.717) is 24.2 Å². The van der Waals surface area contributed by atoms with E-state index in [9.17, 15) is 17.6 Å². The van der Waals surface area contributed by atoms with E-state index in [4.69, 9.17) is 0 Å². The Kier molecular flexibility index (Phi) is 5.22. The third-order valence-electron chi connectivity index (χ3n) is 3.68. The van der Waals surface area contributed by atoms with Gasteiger partial charge in [0.2, 0.25) is 0 Å². The second-order valence-electron chi connectivity index (χ2n) is 5.69. The minimum atomic E-state index is -4.51. The first-order chi connectivity index (χ1) is 9.84. The molecule has 6 heteroatoms. The summed E-state index contributed by atoms with van der Waals surface area (Å²) in [6, 6.07) is 3.08. The fourth-order valence-electron chi connectivity index (χ4n) is 2.74. The summed E-state index contributed by atoms with van der Waals surface area (Å²) < 4.78 is 51.3. The molecule has 2 rings (SSSR count). The number of rotatable bonds is 4. The summed E-state index contributed by atoms with van der Waals surface area (Å²) in [6.45, 7) is 2.04. The van der Waals surface area contributed by atoms with Crippen LogP contribution in [0.5, 0.6) is 0 Å². The van der Waals surface area contributed by atoms with Gasteiger partial charge in [0, 0.05) is 19.1 Å². The maximum absolute atomic E-state index is 13.3. The molecular weight excluding hydrogens is 284 g/mol. The van der Waals surface area contributed by atoms with Crippen LogP contribution < -0.4 is 5.32 Å². The van der Waals surface area contributed by atoms with Gasteiger partial charge in [-0.2, -0.15) is 13.2 Å². The van der Waals surface area contributed by atoms with E-state index in [2.05, 4.69) is 5.32 Å². The Labute approximate surface area is 122 Å². The fourth-order valence-corrected chi connectivity index (χ4v) is 2.74. The molecule has 1 saturated heterocycles. The molecule has 1 N–H and O–H groups in total. The summed E-state index contributed by atoms with van der Waals surface area (Å²) in [4.78, 5) is 1.93. The Balaban J connectivity index is 1.99. The highest BCUT2D eigenvalue weighted by Gasteiger charge is 2.31. The largest absolute Gasteiger partial charge is 0.416 e. The third kappa shape index (κ3) is 4.97. The molecule has 0 bridgehead atoms. The lowest BCUT2D eigenvalue weighted by Crippen LogP contribution is -2.42. The normalized spacial score (nSPS) is 20.0. The number of nitrogens with zero attached hydrogens (tertiary/aromatic N) is 1. The van der Waals surface area contributed by atoms with Crippen LogP contribution in [0.25, 0.3) is 0 Å². The Morgan fingerprint density at radius 3 is 2.62 bits per heavy atom. The van der Waals surface area contributed by atoms with Gasteiger partial charge in [0.05, 0.1) is 5.56 Å². The van der Waals surface area contributed by atoms with Crippen molar-refractivity contribution in [3.63, 3.8) is 0 Å². The number of likely N-dealkylation sites (N-methyl/N-ethyl adjacent to an activating group) is 1. The first-order valence-corrected chi connectivity index (χ1v) is 7.13. The molecule has 0 aromatic heterocycles. The molecule has 1 atom stereocenters. The molecule has 0 aliphatic carbocycles. The van der Waals surface area contributed by atoms with Crippen molar-refractivity contribution in [2.45, 2.75) is 38.0 Å². The van der Waals surface area contributed by atoms with E-state index in [-0.39, 0.29) is 0 Å². The summed E-state index contributed by atoms with van der Waals surface area (Å²) in [5.41, 5.74) is -0.581. The van der Waals surface area contributed by atoms with Gasteiger partial charge in [0.25, 0.3) is 0 Å². The Morgan fingerprint density at radius 1 is 1.24 bits per heavy atom. The fraction of sp³-hybridized carbons (Fsp3) is 0.600. The zero-order valence-electron chi connectivity index (χ0n) is 12.0. The van der Waals surface area contributed by atoms with Crippen molar-refractivity contribution >= 4 is 0 Å².